The zero-order chi connectivity index (χ0) is 20.1. The van der Waals surface area contributed by atoms with Crippen LogP contribution in [0.5, 0.6) is 0 Å². The predicted molar refractivity (Wildman–Crippen MR) is 100 cm³/mol. The smallest absolute Gasteiger partial charge is 0.304 e. The van der Waals surface area contributed by atoms with Gasteiger partial charge in [-0.15, -0.1) is 0 Å². The van der Waals surface area contributed by atoms with Gasteiger partial charge >= 0.3 is 11.9 Å². The lowest BCUT2D eigenvalue weighted by molar-refractivity contribution is -0.138. The molecule has 25 heavy (non-hydrogen) atoms. The molecule has 0 aromatic rings. The maximum absolute atomic E-state index is 11.1. The summed E-state index contributed by atoms with van der Waals surface area (Å²) < 4.78 is -2.10. The number of rotatable bonds is 12. The minimum Gasteiger partial charge on any atom is -0.481 e. The molecule has 0 aliphatic rings. The van der Waals surface area contributed by atoms with Crippen molar-refractivity contribution in [3.63, 3.8) is 0 Å². The van der Waals surface area contributed by atoms with E-state index in [2.05, 4.69) is 25.3 Å². The first-order valence-electron chi connectivity index (χ1n) is 7.89. The topological polar surface area (TPSA) is 135 Å². The van der Waals surface area contributed by atoms with Crippen LogP contribution in [0.4, 0.5) is 0 Å². The Morgan fingerprint density at radius 3 is 1.28 bits per heavy atom. The quantitative estimate of drug-likeness (QED) is 0.244. The Hall–Kier alpha value is -0.480. The number of carboxylic acids is 2. The number of aliphatic hydroxyl groups is 3. The first kappa shape index (κ1) is 24.5. The normalized spacial score (nSPS) is 19.5. The molecule has 0 amide bonds. The van der Waals surface area contributed by atoms with Crippen molar-refractivity contribution in [3.8, 4) is 0 Å². The number of hydrogen-bond donors (Lipinski definition) is 7. The van der Waals surface area contributed by atoms with Gasteiger partial charge < -0.3 is 25.5 Å². The predicted octanol–water partition coefficient (Wildman–Crippen LogP) is 1.06. The van der Waals surface area contributed by atoms with Crippen molar-refractivity contribution in [2.45, 2.75) is 55.9 Å². The molecule has 0 fully saturated rings. The Balaban J connectivity index is 6.02. The van der Waals surface area contributed by atoms with Gasteiger partial charge in [-0.25, -0.2) is 0 Å². The minimum absolute atomic E-state index is 0.0410. The van der Waals surface area contributed by atoms with E-state index in [1.807, 2.05) is 0 Å². The fraction of sp³-hybridized carbons (Fsp3) is 0.875. The lowest BCUT2D eigenvalue weighted by atomic mass is 9.57. The molecular formula is C16H30O7S2. The molecule has 0 saturated heterocycles. The van der Waals surface area contributed by atoms with E-state index in [1.165, 1.54) is 0 Å². The van der Waals surface area contributed by atoms with Crippen molar-refractivity contribution in [1.29, 1.82) is 0 Å². The summed E-state index contributed by atoms with van der Waals surface area (Å²) in [6, 6.07) is 0. The van der Waals surface area contributed by atoms with Gasteiger partial charge in [0.25, 0.3) is 0 Å². The number of thiol groups is 2. The lowest BCUT2D eigenvalue weighted by Gasteiger charge is -2.51. The van der Waals surface area contributed by atoms with E-state index in [1.54, 1.807) is 20.8 Å². The average Bonchev–Trinajstić information content (AvgIpc) is 2.41. The molecule has 0 rings (SSSR count). The van der Waals surface area contributed by atoms with Gasteiger partial charge in [0.1, 0.15) is 0 Å². The summed E-state index contributed by atoms with van der Waals surface area (Å²) in [6.07, 6.45) is -0.515. The number of aliphatic hydroxyl groups excluding tert-OH is 3. The number of aliphatic carboxylic acids is 2. The molecule has 9 heteroatoms. The fourth-order valence-electron chi connectivity index (χ4n) is 3.41. The molecular weight excluding hydrogens is 368 g/mol. The van der Waals surface area contributed by atoms with Crippen LogP contribution in [-0.4, -0.2) is 66.8 Å². The molecule has 0 aliphatic heterocycles. The van der Waals surface area contributed by atoms with E-state index >= 15 is 0 Å². The summed E-state index contributed by atoms with van der Waals surface area (Å²) in [7, 11) is 0. The highest BCUT2D eigenvalue weighted by Gasteiger charge is 2.53. The minimum atomic E-state index is -1.19. The van der Waals surface area contributed by atoms with Gasteiger partial charge in [0.15, 0.2) is 0 Å². The van der Waals surface area contributed by atoms with Crippen molar-refractivity contribution < 1.29 is 35.1 Å². The third-order valence-corrected chi connectivity index (χ3v) is 5.42. The maximum Gasteiger partial charge on any atom is 0.304 e. The van der Waals surface area contributed by atoms with Crippen LogP contribution in [0.15, 0.2) is 0 Å². The Kier molecular flexibility index (Phi) is 8.77. The second kappa shape index (κ2) is 8.94. The van der Waals surface area contributed by atoms with Crippen molar-refractivity contribution >= 4 is 37.2 Å². The highest BCUT2D eigenvalue weighted by Crippen LogP contribution is 2.52. The van der Waals surface area contributed by atoms with E-state index in [0.29, 0.717) is 0 Å². The zero-order valence-corrected chi connectivity index (χ0v) is 16.7. The van der Waals surface area contributed by atoms with E-state index < -0.39 is 52.1 Å². The number of carbonyl (C=O) groups is 2. The summed E-state index contributed by atoms with van der Waals surface area (Å²) in [6.45, 7) is 3.32. The summed E-state index contributed by atoms with van der Waals surface area (Å²) in [4.78, 5) is 22.2. The lowest BCUT2D eigenvalue weighted by Crippen LogP contribution is -2.53. The zero-order valence-electron chi connectivity index (χ0n) is 14.9. The van der Waals surface area contributed by atoms with Gasteiger partial charge in [0.2, 0.25) is 0 Å². The molecule has 0 heterocycles. The molecule has 0 bridgehead atoms. The molecule has 0 aromatic heterocycles. The first-order valence-corrected chi connectivity index (χ1v) is 8.78. The third-order valence-electron chi connectivity index (χ3n) is 4.78. The van der Waals surface area contributed by atoms with Crippen molar-refractivity contribution in [3.05, 3.63) is 0 Å². The molecule has 5 N–H and O–H groups in total. The van der Waals surface area contributed by atoms with Crippen LogP contribution in [0.2, 0.25) is 0 Å². The van der Waals surface area contributed by atoms with Crippen molar-refractivity contribution in [2.75, 3.05) is 19.8 Å². The van der Waals surface area contributed by atoms with Crippen molar-refractivity contribution in [2.24, 2.45) is 10.8 Å². The molecule has 0 radical (unpaired) electrons. The highest BCUT2D eigenvalue weighted by atomic mass is 32.1. The SMILES string of the molecule is CC(S)(CC(=O)O)CC(CO)(CC(C)(S)CC(=O)O)C(C)(CO)CO. The van der Waals surface area contributed by atoms with Gasteiger partial charge in [-0.3, -0.25) is 9.59 Å². The van der Waals surface area contributed by atoms with Crippen LogP contribution < -0.4 is 0 Å². The van der Waals surface area contributed by atoms with Crippen LogP contribution in [0.25, 0.3) is 0 Å². The largest absolute Gasteiger partial charge is 0.481 e. The van der Waals surface area contributed by atoms with E-state index in [-0.39, 0.29) is 25.7 Å². The molecule has 0 saturated carbocycles. The van der Waals surface area contributed by atoms with Crippen LogP contribution in [0.1, 0.15) is 46.5 Å². The standard InChI is InChI=1S/C16H30O7S2/c1-13(8-17,9-18)16(10-19,6-14(2,24)4-11(20)21)7-15(3,25)5-12(22)23/h17-19,24-25H,4-10H2,1-3H3,(H,20,21)(H,22,23). The molecule has 148 valence electrons. The maximum atomic E-state index is 11.1. The molecule has 2 unspecified atom stereocenters. The molecule has 7 nitrogen and oxygen atoms in total. The van der Waals surface area contributed by atoms with Gasteiger partial charge in [-0.1, -0.05) is 20.8 Å². The Morgan fingerprint density at radius 1 is 0.760 bits per heavy atom. The van der Waals surface area contributed by atoms with Crippen LogP contribution >= 0.6 is 25.3 Å². The Morgan fingerprint density at radius 2 is 1.08 bits per heavy atom. The second-order valence-electron chi connectivity index (χ2n) is 7.80. The summed E-state index contributed by atoms with van der Waals surface area (Å²) in [5.41, 5.74) is -2.37. The molecule has 0 spiro atoms. The van der Waals surface area contributed by atoms with Crippen LogP contribution in [0.3, 0.4) is 0 Å². The van der Waals surface area contributed by atoms with Crippen LogP contribution in [-0.2, 0) is 9.59 Å². The number of hydrogen-bond acceptors (Lipinski definition) is 7. The van der Waals surface area contributed by atoms with Gasteiger partial charge in [0.05, 0.1) is 26.1 Å². The monoisotopic (exact) mass is 398 g/mol. The Labute approximate surface area is 159 Å². The molecule has 2 atom stereocenters. The summed E-state index contributed by atoms with van der Waals surface area (Å²) >= 11 is 8.81. The average molecular weight is 399 g/mol. The summed E-state index contributed by atoms with van der Waals surface area (Å²) in [5.74, 6) is -2.14. The summed E-state index contributed by atoms with van der Waals surface area (Å²) in [5, 5.41) is 48.1. The van der Waals surface area contributed by atoms with Gasteiger partial charge in [-0.05, 0) is 12.8 Å². The first-order chi connectivity index (χ1) is 11.2. The molecule has 0 aromatic carbocycles. The van der Waals surface area contributed by atoms with E-state index in [9.17, 15) is 24.9 Å². The van der Waals surface area contributed by atoms with E-state index in [4.69, 9.17) is 10.2 Å². The van der Waals surface area contributed by atoms with Crippen LogP contribution in [0, 0.1) is 10.8 Å². The van der Waals surface area contributed by atoms with Gasteiger partial charge in [0, 0.05) is 26.9 Å². The highest BCUT2D eigenvalue weighted by molar-refractivity contribution is 7.82. The second-order valence-corrected chi connectivity index (χ2v) is 9.96. The van der Waals surface area contributed by atoms with Crippen molar-refractivity contribution in [1.82, 2.24) is 0 Å². The fourth-order valence-corrected chi connectivity index (χ4v) is 4.29. The molecule has 0 aliphatic carbocycles. The van der Waals surface area contributed by atoms with Gasteiger partial charge in [-0.2, -0.15) is 25.3 Å². The Bertz CT molecular complexity index is 443. The van der Waals surface area contributed by atoms with E-state index in [0.717, 1.165) is 0 Å². The third kappa shape index (κ3) is 6.97. The number of carboxylic acid groups (broad SMARTS) is 2.